The van der Waals surface area contributed by atoms with Crippen LogP contribution < -0.4 is 10.1 Å². The zero-order valence-electron chi connectivity index (χ0n) is 16.4. The molecule has 1 N–H and O–H groups in total. The molecule has 0 heterocycles. The van der Waals surface area contributed by atoms with Crippen molar-refractivity contribution < 1.29 is 26.7 Å². The molecule has 0 amide bonds. The number of hydrogen-bond acceptors (Lipinski definition) is 2. The summed E-state index contributed by atoms with van der Waals surface area (Å²) >= 11 is 0. The molecule has 162 valence electrons. The molecule has 0 aromatic heterocycles. The van der Waals surface area contributed by atoms with Gasteiger partial charge in [-0.15, -0.1) is 0 Å². The number of anilines is 1. The Balaban J connectivity index is 1.43. The summed E-state index contributed by atoms with van der Waals surface area (Å²) in [6.45, 7) is 0.0857. The quantitative estimate of drug-likeness (QED) is 0.387. The second kappa shape index (κ2) is 8.21. The molecule has 7 heteroatoms. The minimum absolute atomic E-state index is 0.0857. The van der Waals surface area contributed by atoms with Crippen molar-refractivity contribution in [2.24, 2.45) is 0 Å². The number of alkyl halides is 5. The Morgan fingerprint density at radius 3 is 2.19 bits per heavy atom. The van der Waals surface area contributed by atoms with Crippen molar-refractivity contribution in [3.63, 3.8) is 0 Å². The van der Waals surface area contributed by atoms with E-state index in [-0.39, 0.29) is 6.54 Å². The lowest BCUT2D eigenvalue weighted by Gasteiger charge is -2.20. The van der Waals surface area contributed by atoms with E-state index in [4.69, 9.17) is 4.74 Å². The molecule has 0 radical (unpaired) electrons. The Morgan fingerprint density at radius 1 is 0.806 bits per heavy atom. The Kier molecular flexibility index (Phi) is 5.60. The first-order valence-electron chi connectivity index (χ1n) is 9.88. The summed E-state index contributed by atoms with van der Waals surface area (Å²) in [5.74, 6) is -2.97. The summed E-state index contributed by atoms with van der Waals surface area (Å²) in [6.07, 6.45) is -3.25. The molecular weight excluding hydrogens is 413 g/mol. The van der Waals surface area contributed by atoms with E-state index in [0.717, 1.165) is 17.9 Å². The van der Waals surface area contributed by atoms with Gasteiger partial charge >= 0.3 is 12.1 Å². The van der Waals surface area contributed by atoms with Crippen molar-refractivity contribution in [3.8, 4) is 11.5 Å². The SMILES string of the molecule is FC(F)(F)C(F)(F)c1cccc(CNc2cccc(Oc3cccc(C4CC4)c3)c2)c1. The minimum Gasteiger partial charge on any atom is -0.457 e. The normalized spacial score (nSPS) is 14.4. The van der Waals surface area contributed by atoms with Gasteiger partial charge in [0, 0.05) is 23.9 Å². The van der Waals surface area contributed by atoms with Crippen LogP contribution in [0.25, 0.3) is 0 Å². The molecule has 0 atom stereocenters. The predicted octanol–water partition coefficient (Wildman–Crippen LogP) is 7.62. The van der Waals surface area contributed by atoms with Crippen LogP contribution in [0.3, 0.4) is 0 Å². The van der Waals surface area contributed by atoms with Crippen LogP contribution in [0.2, 0.25) is 0 Å². The van der Waals surface area contributed by atoms with E-state index in [2.05, 4.69) is 11.4 Å². The highest BCUT2D eigenvalue weighted by atomic mass is 19.4. The van der Waals surface area contributed by atoms with Gasteiger partial charge in [-0.1, -0.05) is 36.4 Å². The Labute approximate surface area is 176 Å². The lowest BCUT2D eigenvalue weighted by atomic mass is 10.0. The zero-order chi connectivity index (χ0) is 22.1. The van der Waals surface area contributed by atoms with Crippen LogP contribution in [-0.2, 0) is 12.5 Å². The van der Waals surface area contributed by atoms with Crippen LogP contribution in [0.4, 0.5) is 27.6 Å². The van der Waals surface area contributed by atoms with Crippen molar-refractivity contribution in [2.45, 2.75) is 37.4 Å². The second-order valence-corrected chi connectivity index (χ2v) is 7.60. The number of nitrogens with one attached hydrogen (secondary N) is 1. The van der Waals surface area contributed by atoms with E-state index >= 15 is 0 Å². The summed E-state index contributed by atoms with van der Waals surface area (Å²) in [7, 11) is 0. The molecule has 1 aliphatic rings. The highest BCUT2D eigenvalue weighted by molar-refractivity contribution is 5.50. The molecular formula is C24H20F5NO. The molecule has 3 aromatic rings. The predicted molar refractivity (Wildman–Crippen MR) is 109 cm³/mol. The molecule has 0 spiro atoms. The van der Waals surface area contributed by atoms with Gasteiger partial charge in [0.15, 0.2) is 0 Å². The highest BCUT2D eigenvalue weighted by Crippen LogP contribution is 2.44. The fourth-order valence-electron chi connectivity index (χ4n) is 3.30. The molecule has 3 aromatic carbocycles. The first kappa shape index (κ1) is 21.2. The van der Waals surface area contributed by atoms with Crippen LogP contribution in [0.1, 0.15) is 35.4 Å². The minimum atomic E-state index is -5.64. The third-order valence-electron chi connectivity index (χ3n) is 5.12. The van der Waals surface area contributed by atoms with E-state index in [0.29, 0.717) is 22.9 Å². The van der Waals surface area contributed by atoms with Gasteiger partial charge in [0.05, 0.1) is 0 Å². The van der Waals surface area contributed by atoms with Crippen LogP contribution in [-0.4, -0.2) is 6.18 Å². The lowest BCUT2D eigenvalue weighted by molar-refractivity contribution is -0.289. The van der Waals surface area contributed by atoms with Gasteiger partial charge in [0.2, 0.25) is 0 Å². The third kappa shape index (κ3) is 4.98. The van der Waals surface area contributed by atoms with Crippen molar-refractivity contribution in [1.29, 1.82) is 0 Å². The maximum Gasteiger partial charge on any atom is 0.458 e. The molecule has 0 aliphatic heterocycles. The van der Waals surface area contributed by atoms with E-state index in [1.807, 2.05) is 18.2 Å². The average Bonchev–Trinajstić information content (AvgIpc) is 3.58. The Morgan fingerprint density at radius 2 is 1.48 bits per heavy atom. The van der Waals surface area contributed by atoms with E-state index in [9.17, 15) is 22.0 Å². The molecule has 31 heavy (non-hydrogen) atoms. The third-order valence-corrected chi connectivity index (χ3v) is 5.12. The molecule has 1 saturated carbocycles. The van der Waals surface area contributed by atoms with Crippen molar-refractivity contribution in [1.82, 2.24) is 0 Å². The summed E-state index contributed by atoms with van der Waals surface area (Å²) in [5.41, 5.74) is 1.14. The van der Waals surface area contributed by atoms with Gasteiger partial charge in [-0.05, 0) is 60.2 Å². The Hall–Kier alpha value is -3.09. The maximum absolute atomic E-state index is 13.6. The first-order valence-corrected chi connectivity index (χ1v) is 9.88. The number of halogens is 5. The van der Waals surface area contributed by atoms with Crippen LogP contribution in [0.5, 0.6) is 11.5 Å². The number of rotatable bonds is 7. The van der Waals surface area contributed by atoms with Crippen molar-refractivity contribution >= 4 is 5.69 Å². The summed E-state index contributed by atoms with van der Waals surface area (Å²) in [6, 6.07) is 19.3. The second-order valence-electron chi connectivity index (χ2n) is 7.60. The van der Waals surface area contributed by atoms with E-state index in [1.165, 1.54) is 30.5 Å². The van der Waals surface area contributed by atoms with Gasteiger partial charge < -0.3 is 10.1 Å². The smallest absolute Gasteiger partial charge is 0.457 e. The molecule has 0 saturated heterocycles. The largest absolute Gasteiger partial charge is 0.458 e. The molecule has 1 aliphatic carbocycles. The van der Waals surface area contributed by atoms with Gasteiger partial charge in [-0.3, -0.25) is 0 Å². The van der Waals surface area contributed by atoms with Crippen LogP contribution >= 0.6 is 0 Å². The van der Waals surface area contributed by atoms with Gasteiger partial charge in [-0.25, -0.2) is 0 Å². The number of hydrogen-bond donors (Lipinski definition) is 1. The van der Waals surface area contributed by atoms with Crippen LogP contribution in [0.15, 0.2) is 72.8 Å². The number of benzene rings is 3. The lowest BCUT2D eigenvalue weighted by Crippen LogP contribution is -2.33. The summed E-state index contributed by atoms with van der Waals surface area (Å²) in [4.78, 5) is 0. The van der Waals surface area contributed by atoms with E-state index in [1.54, 1.807) is 24.3 Å². The summed E-state index contributed by atoms with van der Waals surface area (Å²) in [5, 5.41) is 3.04. The molecule has 0 bridgehead atoms. The molecule has 0 unspecified atom stereocenters. The summed E-state index contributed by atoms with van der Waals surface area (Å²) < 4.78 is 71.0. The highest BCUT2D eigenvalue weighted by Gasteiger charge is 2.58. The van der Waals surface area contributed by atoms with E-state index < -0.39 is 17.7 Å². The van der Waals surface area contributed by atoms with Crippen molar-refractivity contribution in [2.75, 3.05) is 5.32 Å². The van der Waals surface area contributed by atoms with Gasteiger partial charge in [-0.2, -0.15) is 22.0 Å². The zero-order valence-corrected chi connectivity index (χ0v) is 16.4. The van der Waals surface area contributed by atoms with Crippen LogP contribution in [0, 0.1) is 0 Å². The molecule has 4 rings (SSSR count). The molecule has 2 nitrogen and oxygen atoms in total. The maximum atomic E-state index is 13.6. The molecule has 1 fully saturated rings. The fraction of sp³-hybridized carbons (Fsp3) is 0.250. The van der Waals surface area contributed by atoms with Gasteiger partial charge in [0.1, 0.15) is 11.5 Å². The monoisotopic (exact) mass is 433 g/mol. The standard InChI is InChI=1S/C24H20F5NO/c25-23(26,24(27,28)29)19-6-1-4-16(12-19)15-30-20-7-3-9-22(14-20)31-21-8-2-5-18(13-21)17-10-11-17/h1-9,12-14,17,30H,10-11,15H2. The Bertz CT molecular complexity index is 1060. The number of ether oxygens (including phenoxy) is 1. The first-order chi connectivity index (χ1) is 14.7. The fourth-order valence-corrected chi connectivity index (χ4v) is 3.30. The van der Waals surface area contributed by atoms with Crippen molar-refractivity contribution in [3.05, 3.63) is 89.5 Å². The van der Waals surface area contributed by atoms with Gasteiger partial charge in [0.25, 0.3) is 0 Å². The topological polar surface area (TPSA) is 21.3 Å². The average molecular weight is 433 g/mol.